The number of aromatic nitrogens is 2. The first-order valence-electron chi connectivity index (χ1n) is 10.1. The van der Waals surface area contributed by atoms with Gasteiger partial charge in [0.15, 0.2) is 0 Å². The molecule has 2 N–H and O–H groups in total. The first-order chi connectivity index (χ1) is 14.7. The Hall–Kier alpha value is -2.91. The molecule has 0 aliphatic heterocycles. The van der Waals surface area contributed by atoms with Crippen LogP contribution in [0.1, 0.15) is 31.4 Å². The maximum Gasteiger partial charge on any atom is 0.328 e. The standard InChI is InChI=1S/C22H28N4O4S/c1-16(2)24-31(29,30)15-18-10-8-17(9-11-18)14-23-21(27)12-13-26-20-7-5-4-6-19(20)25(3)22(26)28/h4-11,16,24H,12-15H2,1-3H3,(H,23,27). The van der Waals surface area contributed by atoms with E-state index in [0.717, 1.165) is 16.6 Å². The van der Waals surface area contributed by atoms with Gasteiger partial charge in [-0.3, -0.25) is 13.9 Å². The van der Waals surface area contributed by atoms with Crippen molar-refractivity contribution in [3.63, 3.8) is 0 Å². The lowest BCUT2D eigenvalue weighted by Gasteiger charge is -2.10. The molecule has 0 spiro atoms. The van der Waals surface area contributed by atoms with E-state index in [1.165, 1.54) is 0 Å². The highest BCUT2D eigenvalue weighted by molar-refractivity contribution is 7.88. The number of benzene rings is 2. The predicted octanol–water partition coefficient (Wildman–Crippen LogP) is 1.87. The predicted molar refractivity (Wildman–Crippen MR) is 121 cm³/mol. The number of imidazole rings is 1. The fourth-order valence-corrected chi connectivity index (χ4v) is 4.89. The van der Waals surface area contributed by atoms with Crippen LogP contribution in [-0.2, 0) is 40.7 Å². The van der Waals surface area contributed by atoms with Crippen LogP contribution in [0.5, 0.6) is 0 Å². The number of hydrogen-bond donors (Lipinski definition) is 2. The van der Waals surface area contributed by atoms with Gasteiger partial charge in [0.1, 0.15) is 0 Å². The SMILES string of the molecule is CC(C)NS(=O)(=O)Cc1ccc(CNC(=O)CCn2c(=O)n(C)c3ccccc32)cc1. The second kappa shape index (κ2) is 9.49. The number of carbonyl (C=O) groups is 1. The zero-order valence-electron chi connectivity index (χ0n) is 18.0. The summed E-state index contributed by atoms with van der Waals surface area (Å²) in [6.07, 6.45) is 0.186. The Labute approximate surface area is 181 Å². The van der Waals surface area contributed by atoms with Crippen LogP contribution >= 0.6 is 0 Å². The summed E-state index contributed by atoms with van der Waals surface area (Å²) in [5.74, 6) is -0.245. The molecule has 0 saturated heterocycles. The van der Waals surface area contributed by atoms with Crippen LogP contribution in [0, 0.1) is 0 Å². The minimum atomic E-state index is -3.37. The molecule has 0 fully saturated rings. The fourth-order valence-electron chi connectivity index (χ4n) is 3.46. The molecule has 3 rings (SSSR count). The average molecular weight is 445 g/mol. The molecule has 0 atom stereocenters. The van der Waals surface area contributed by atoms with Gasteiger partial charge in [-0.25, -0.2) is 17.9 Å². The van der Waals surface area contributed by atoms with Crippen LogP contribution in [0.3, 0.4) is 0 Å². The number of nitrogens with zero attached hydrogens (tertiary/aromatic N) is 2. The van der Waals surface area contributed by atoms with Crippen molar-refractivity contribution in [2.45, 2.75) is 45.2 Å². The van der Waals surface area contributed by atoms with E-state index < -0.39 is 10.0 Å². The number of nitrogens with one attached hydrogen (secondary N) is 2. The maximum absolute atomic E-state index is 12.4. The first-order valence-corrected chi connectivity index (χ1v) is 11.8. The van der Waals surface area contributed by atoms with E-state index in [2.05, 4.69) is 10.0 Å². The van der Waals surface area contributed by atoms with E-state index in [4.69, 9.17) is 0 Å². The zero-order chi connectivity index (χ0) is 22.6. The van der Waals surface area contributed by atoms with Gasteiger partial charge in [0.2, 0.25) is 15.9 Å². The summed E-state index contributed by atoms with van der Waals surface area (Å²) in [5.41, 5.74) is 3.04. The summed E-state index contributed by atoms with van der Waals surface area (Å²) in [4.78, 5) is 24.7. The van der Waals surface area contributed by atoms with Crippen molar-refractivity contribution >= 4 is 27.0 Å². The van der Waals surface area contributed by atoms with Crippen molar-refractivity contribution in [3.8, 4) is 0 Å². The Morgan fingerprint density at radius 1 is 1.00 bits per heavy atom. The van der Waals surface area contributed by atoms with Crippen LogP contribution in [0.2, 0.25) is 0 Å². The molecule has 8 nitrogen and oxygen atoms in total. The van der Waals surface area contributed by atoms with Gasteiger partial charge in [0.05, 0.1) is 16.8 Å². The molecule has 3 aromatic rings. The van der Waals surface area contributed by atoms with Crippen molar-refractivity contribution in [1.82, 2.24) is 19.2 Å². The summed E-state index contributed by atoms with van der Waals surface area (Å²) in [6.45, 7) is 4.19. The third kappa shape index (κ3) is 5.83. The smallest absolute Gasteiger partial charge is 0.328 e. The molecule has 9 heteroatoms. The Morgan fingerprint density at radius 2 is 1.61 bits per heavy atom. The molecule has 1 aromatic heterocycles. The Morgan fingerprint density at radius 3 is 2.26 bits per heavy atom. The van der Waals surface area contributed by atoms with Gasteiger partial charge in [0.25, 0.3) is 0 Å². The largest absolute Gasteiger partial charge is 0.352 e. The molecule has 0 aliphatic carbocycles. The van der Waals surface area contributed by atoms with E-state index in [1.807, 2.05) is 24.3 Å². The quantitative estimate of drug-likeness (QED) is 0.526. The van der Waals surface area contributed by atoms with Gasteiger partial charge in [-0.2, -0.15) is 0 Å². The van der Waals surface area contributed by atoms with Crippen LogP contribution in [0.15, 0.2) is 53.3 Å². The molecule has 0 bridgehead atoms. The van der Waals surface area contributed by atoms with Crippen LogP contribution in [0.25, 0.3) is 11.0 Å². The normalized spacial score (nSPS) is 11.9. The number of rotatable bonds is 9. The number of fused-ring (bicyclic) bond motifs is 1. The Kier molecular flexibility index (Phi) is 6.97. The highest BCUT2D eigenvalue weighted by atomic mass is 32.2. The number of carbonyl (C=O) groups excluding carboxylic acids is 1. The van der Waals surface area contributed by atoms with Gasteiger partial charge in [-0.1, -0.05) is 36.4 Å². The zero-order valence-corrected chi connectivity index (χ0v) is 18.8. The van der Waals surface area contributed by atoms with E-state index >= 15 is 0 Å². The van der Waals surface area contributed by atoms with E-state index in [-0.39, 0.29) is 29.8 Å². The number of sulfonamides is 1. The maximum atomic E-state index is 12.4. The Balaban J connectivity index is 1.54. The second-order valence-corrected chi connectivity index (χ2v) is 9.61. The molecule has 0 aliphatic rings. The van der Waals surface area contributed by atoms with E-state index in [9.17, 15) is 18.0 Å². The molecular formula is C22H28N4O4S. The van der Waals surface area contributed by atoms with Gasteiger partial charge in [-0.15, -0.1) is 0 Å². The third-order valence-corrected chi connectivity index (χ3v) is 6.44. The van der Waals surface area contributed by atoms with Gasteiger partial charge < -0.3 is 5.32 Å². The monoisotopic (exact) mass is 444 g/mol. The average Bonchev–Trinajstić information content (AvgIpc) is 2.95. The van der Waals surface area contributed by atoms with E-state index in [0.29, 0.717) is 18.7 Å². The summed E-state index contributed by atoms with van der Waals surface area (Å²) < 4.78 is 29.8. The highest BCUT2D eigenvalue weighted by Gasteiger charge is 2.13. The summed E-state index contributed by atoms with van der Waals surface area (Å²) in [7, 11) is -1.66. The van der Waals surface area contributed by atoms with Crippen LogP contribution in [-0.4, -0.2) is 29.5 Å². The Bertz CT molecular complexity index is 1220. The minimum absolute atomic E-state index is 0.0857. The highest BCUT2D eigenvalue weighted by Crippen LogP contribution is 2.12. The molecule has 0 radical (unpaired) electrons. The minimum Gasteiger partial charge on any atom is -0.352 e. The van der Waals surface area contributed by atoms with Gasteiger partial charge in [0, 0.05) is 32.6 Å². The van der Waals surface area contributed by atoms with Crippen LogP contribution < -0.4 is 15.7 Å². The lowest BCUT2D eigenvalue weighted by atomic mass is 10.1. The van der Waals surface area contributed by atoms with Crippen molar-refractivity contribution < 1.29 is 13.2 Å². The molecule has 31 heavy (non-hydrogen) atoms. The molecule has 2 aromatic carbocycles. The molecule has 1 amide bonds. The van der Waals surface area contributed by atoms with Crippen molar-refractivity contribution in [1.29, 1.82) is 0 Å². The van der Waals surface area contributed by atoms with Crippen LogP contribution in [0.4, 0.5) is 0 Å². The number of hydrogen-bond acceptors (Lipinski definition) is 4. The van der Waals surface area contributed by atoms with Crippen molar-refractivity contribution in [3.05, 3.63) is 70.1 Å². The number of aryl methyl sites for hydroxylation is 2. The first kappa shape index (κ1) is 22.8. The second-order valence-electron chi connectivity index (χ2n) is 7.86. The van der Waals surface area contributed by atoms with Gasteiger partial charge >= 0.3 is 5.69 Å². The van der Waals surface area contributed by atoms with Crippen molar-refractivity contribution in [2.75, 3.05) is 0 Å². The molecule has 166 valence electrons. The number of amides is 1. The van der Waals surface area contributed by atoms with E-state index in [1.54, 1.807) is 54.3 Å². The van der Waals surface area contributed by atoms with Crippen molar-refractivity contribution in [2.24, 2.45) is 7.05 Å². The molecule has 0 unspecified atom stereocenters. The lowest BCUT2D eigenvalue weighted by molar-refractivity contribution is -0.121. The number of para-hydroxylation sites is 2. The third-order valence-electron chi connectivity index (χ3n) is 4.90. The molecular weight excluding hydrogens is 416 g/mol. The summed E-state index contributed by atoms with van der Waals surface area (Å²) in [5, 5.41) is 2.85. The molecule has 0 saturated carbocycles. The topological polar surface area (TPSA) is 102 Å². The fraction of sp³-hybridized carbons (Fsp3) is 0.364. The lowest BCUT2D eigenvalue weighted by Crippen LogP contribution is -2.31. The summed E-state index contributed by atoms with van der Waals surface area (Å²) >= 11 is 0. The molecule has 1 heterocycles. The summed E-state index contributed by atoms with van der Waals surface area (Å²) in [6, 6.07) is 14.4. The van der Waals surface area contributed by atoms with Gasteiger partial charge in [-0.05, 0) is 37.1 Å².